The van der Waals surface area contributed by atoms with Crippen LogP contribution in [0, 0.1) is 0 Å². The van der Waals surface area contributed by atoms with Gasteiger partial charge in [0.25, 0.3) is 10.0 Å². The van der Waals surface area contributed by atoms with Gasteiger partial charge < -0.3 is 0 Å². The summed E-state index contributed by atoms with van der Waals surface area (Å²) >= 11 is 0. The number of hydrogen-bond acceptors (Lipinski definition) is 4. The van der Waals surface area contributed by atoms with Gasteiger partial charge in [0.2, 0.25) is 0 Å². The molecule has 6 nitrogen and oxygen atoms in total. The van der Waals surface area contributed by atoms with Crippen molar-refractivity contribution >= 4 is 16.1 Å². The SMILES string of the molecule is Cn1nncc1S(=O)(=O)N1CCCC1/C=C/c1ccccc1. The number of nitrogens with zero attached hydrogens (tertiary/aromatic N) is 4. The molecule has 7 heteroatoms. The van der Waals surface area contributed by atoms with Gasteiger partial charge >= 0.3 is 0 Å². The van der Waals surface area contributed by atoms with E-state index in [1.165, 1.54) is 15.2 Å². The molecule has 2 aromatic rings. The smallest absolute Gasteiger partial charge is 0.236 e. The molecule has 116 valence electrons. The molecule has 0 radical (unpaired) electrons. The normalized spacial score (nSPS) is 20.0. The van der Waals surface area contributed by atoms with Crippen molar-refractivity contribution in [3.8, 4) is 0 Å². The van der Waals surface area contributed by atoms with Crippen LogP contribution in [0.4, 0.5) is 0 Å². The lowest BCUT2D eigenvalue weighted by molar-refractivity contribution is 0.426. The van der Waals surface area contributed by atoms with Gasteiger partial charge in [-0.3, -0.25) is 0 Å². The molecular weight excluding hydrogens is 300 g/mol. The molecular formula is C15H18N4O2S. The van der Waals surface area contributed by atoms with E-state index in [1.807, 2.05) is 42.5 Å². The standard InChI is InChI=1S/C15H18N4O2S/c1-18-15(12-16-17-18)22(20,21)19-11-5-8-14(19)10-9-13-6-3-2-4-7-13/h2-4,6-7,9-10,12,14H,5,8,11H2,1H3/b10-9+. The fourth-order valence-electron chi connectivity index (χ4n) is 2.68. The first-order valence-electron chi connectivity index (χ1n) is 7.19. The average Bonchev–Trinajstić information content (AvgIpc) is 3.15. The van der Waals surface area contributed by atoms with Gasteiger partial charge in [0.1, 0.15) is 0 Å². The van der Waals surface area contributed by atoms with Crippen LogP contribution in [0.5, 0.6) is 0 Å². The quantitative estimate of drug-likeness (QED) is 0.860. The maximum absolute atomic E-state index is 12.7. The summed E-state index contributed by atoms with van der Waals surface area (Å²) < 4.78 is 28.3. The molecule has 3 rings (SSSR count). The van der Waals surface area contributed by atoms with Crippen LogP contribution in [0.1, 0.15) is 18.4 Å². The first-order chi connectivity index (χ1) is 10.6. The van der Waals surface area contributed by atoms with Crippen molar-refractivity contribution in [1.82, 2.24) is 19.3 Å². The molecule has 0 aliphatic carbocycles. The first-order valence-corrected chi connectivity index (χ1v) is 8.63. The van der Waals surface area contributed by atoms with E-state index >= 15 is 0 Å². The van der Waals surface area contributed by atoms with Gasteiger partial charge in [-0.05, 0) is 18.4 Å². The molecule has 1 aromatic heterocycles. The zero-order valence-electron chi connectivity index (χ0n) is 12.3. The average molecular weight is 318 g/mol. The molecule has 2 heterocycles. The lowest BCUT2D eigenvalue weighted by Crippen LogP contribution is -2.35. The molecule has 1 aliphatic rings. The molecule has 0 amide bonds. The summed E-state index contributed by atoms with van der Waals surface area (Å²) in [6.07, 6.45) is 6.91. The molecule has 1 atom stereocenters. The Morgan fingerprint density at radius 3 is 2.73 bits per heavy atom. The van der Waals surface area contributed by atoms with Crippen molar-refractivity contribution in [3.05, 3.63) is 48.2 Å². The number of rotatable bonds is 4. The summed E-state index contributed by atoms with van der Waals surface area (Å²) in [6.45, 7) is 0.525. The molecule has 1 saturated heterocycles. The van der Waals surface area contributed by atoms with E-state index in [1.54, 1.807) is 7.05 Å². The van der Waals surface area contributed by atoms with Crippen LogP contribution in [-0.2, 0) is 17.1 Å². The van der Waals surface area contributed by atoms with Crippen LogP contribution in [0.2, 0.25) is 0 Å². The Labute approximate surface area is 130 Å². The van der Waals surface area contributed by atoms with Gasteiger partial charge in [-0.2, -0.15) is 4.31 Å². The van der Waals surface area contributed by atoms with Crippen molar-refractivity contribution < 1.29 is 8.42 Å². The summed E-state index contributed by atoms with van der Waals surface area (Å²) in [5.74, 6) is 0. The second kappa shape index (κ2) is 6.02. The largest absolute Gasteiger partial charge is 0.262 e. The van der Waals surface area contributed by atoms with Crippen molar-refractivity contribution in [2.75, 3.05) is 6.54 Å². The molecule has 22 heavy (non-hydrogen) atoms. The van der Waals surface area contributed by atoms with E-state index in [-0.39, 0.29) is 11.1 Å². The number of hydrogen-bond donors (Lipinski definition) is 0. The van der Waals surface area contributed by atoms with E-state index in [4.69, 9.17) is 0 Å². The highest BCUT2D eigenvalue weighted by Crippen LogP contribution is 2.26. The lowest BCUT2D eigenvalue weighted by Gasteiger charge is -2.21. The molecule has 1 aromatic carbocycles. The van der Waals surface area contributed by atoms with Gasteiger partial charge in [0.05, 0.1) is 6.20 Å². The fraction of sp³-hybridized carbons (Fsp3) is 0.333. The maximum atomic E-state index is 12.7. The predicted octanol–water partition coefficient (Wildman–Crippen LogP) is 1.68. The molecule has 0 saturated carbocycles. The second-order valence-corrected chi connectivity index (χ2v) is 7.13. The van der Waals surface area contributed by atoms with Crippen molar-refractivity contribution in [1.29, 1.82) is 0 Å². The highest BCUT2D eigenvalue weighted by Gasteiger charge is 2.35. The minimum atomic E-state index is -3.56. The fourth-order valence-corrected chi connectivity index (χ4v) is 4.37. The zero-order chi connectivity index (χ0) is 15.6. The minimum absolute atomic E-state index is 0.125. The molecule has 1 fully saturated rings. The molecule has 0 N–H and O–H groups in total. The van der Waals surface area contributed by atoms with Crippen LogP contribution in [-0.4, -0.2) is 40.3 Å². The zero-order valence-corrected chi connectivity index (χ0v) is 13.1. The number of sulfonamides is 1. The van der Waals surface area contributed by atoms with Gasteiger partial charge in [-0.25, -0.2) is 13.1 Å². The lowest BCUT2D eigenvalue weighted by atomic mass is 10.1. The summed E-state index contributed by atoms with van der Waals surface area (Å²) in [7, 11) is -1.97. The summed E-state index contributed by atoms with van der Waals surface area (Å²) in [4.78, 5) is 0. The minimum Gasteiger partial charge on any atom is -0.236 e. The van der Waals surface area contributed by atoms with E-state index < -0.39 is 10.0 Å². The molecule has 0 spiro atoms. The van der Waals surface area contributed by atoms with Crippen LogP contribution >= 0.6 is 0 Å². The Kier molecular flexibility index (Phi) is 4.08. The molecule has 1 aliphatic heterocycles. The third-order valence-electron chi connectivity index (χ3n) is 3.80. The third kappa shape index (κ3) is 2.82. The van der Waals surface area contributed by atoms with Gasteiger partial charge in [-0.15, -0.1) is 5.10 Å². The Bertz CT molecular complexity index is 768. The Hall–Kier alpha value is -1.99. The summed E-state index contributed by atoms with van der Waals surface area (Å²) in [5, 5.41) is 7.51. The van der Waals surface area contributed by atoms with Crippen LogP contribution in [0.25, 0.3) is 6.08 Å². The van der Waals surface area contributed by atoms with Crippen molar-refractivity contribution in [3.63, 3.8) is 0 Å². The van der Waals surface area contributed by atoms with Gasteiger partial charge in [0.15, 0.2) is 5.03 Å². The monoisotopic (exact) mass is 318 g/mol. The Morgan fingerprint density at radius 1 is 1.27 bits per heavy atom. The Balaban J connectivity index is 1.85. The van der Waals surface area contributed by atoms with E-state index in [9.17, 15) is 8.42 Å². The number of aromatic nitrogens is 3. The molecule has 1 unspecified atom stereocenters. The van der Waals surface area contributed by atoms with Crippen molar-refractivity contribution in [2.24, 2.45) is 7.05 Å². The molecule has 0 bridgehead atoms. The van der Waals surface area contributed by atoms with E-state index in [2.05, 4.69) is 10.3 Å². The van der Waals surface area contributed by atoms with Crippen LogP contribution < -0.4 is 0 Å². The third-order valence-corrected chi connectivity index (χ3v) is 5.77. The van der Waals surface area contributed by atoms with Crippen LogP contribution in [0.3, 0.4) is 0 Å². The highest BCUT2D eigenvalue weighted by molar-refractivity contribution is 7.89. The highest BCUT2D eigenvalue weighted by atomic mass is 32.2. The number of aryl methyl sites for hydroxylation is 1. The second-order valence-electron chi connectivity index (χ2n) is 5.29. The van der Waals surface area contributed by atoms with E-state index in [0.717, 1.165) is 18.4 Å². The van der Waals surface area contributed by atoms with Gasteiger partial charge in [-0.1, -0.05) is 47.7 Å². The van der Waals surface area contributed by atoms with Crippen molar-refractivity contribution in [2.45, 2.75) is 23.9 Å². The van der Waals surface area contributed by atoms with Crippen LogP contribution in [0.15, 0.2) is 47.6 Å². The predicted molar refractivity (Wildman–Crippen MR) is 83.4 cm³/mol. The topological polar surface area (TPSA) is 68.1 Å². The maximum Gasteiger partial charge on any atom is 0.262 e. The first kappa shape index (κ1) is 14.9. The van der Waals surface area contributed by atoms with E-state index in [0.29, 0.717) is 6.54 Å². The summed E-state index contributed by atoms with van der Waals surface area (Å²) in [6, 6.07) is 9.75. The number of benzene rings is 1. The van der Waals surface area contributed by atoms with Gasteiger partial charge in [0, 0.05) is 19.6 Å². The Morgan fingerprint density at radius 2 is 2.05 bits per heavy atom. The summed E-state index contributed by atoms with van der Waals surface area (Å²) in [5.41, 5.74) is 1.06.